The molecule has 1 aromatic carbocycles. The number of likely N-dealkylation sites (N-methyl/N-ethyl adjacent to an activating group) is 1. The number of benzene rings is 1. The molecule has 0 spiro atoms. The number of allylic oxidation sites excluding steroid dienone is 1. The van der Waals surface area contributed by atoms with E-state index in [1.807, 2.05) is 0 Å². The normalized spacial score (nSPS) is 15.4. The van der Waals surface area contributed by atoms with Gasteiger partial charge in [0.2, 0.25) is 0 Å². The summed E-state index contributed by atoms with van der Waals surface area (Å²) in [6, 6.07) is 6.56. The van der Waals surface area contributed by atoms with Crippen LogP contribution in [0, 0.1) is 0 Å². The number of rotatable bonds is 4. The maximum Gasteiger partial charge on any atom is 0.122 e. The molecule has 0 bridgehead atoms. The third-order valence-corrected chi connectivity index (χ3v) is 3.82. The second kappa shape index (κ2) is 5.71. The van der Waals surface area contributed by atoms with Crippen LogP contribution >= 0.6 is 0 Å². The van der Waals surface area contributed by atoms with Gasteiger partial charge in [0.05, 0.1) is 6.61 Å². The van der Waals surface area contributed by atoms with Crippen LogP contribution in [0.4, 0.5) is 0 Å². The molecule has 106 valence electrons. The lowest BCUT2D eigenvalue weighted by Gasteiger charge is -2.15. The van der Waals surface area contributed by atoms with Gasteiger partial charge in [-0.2, -0.15) is 0 Å². The number of ether oxygens (including phenoxy) is 1. The molecule has 3 nitrogen and oxygen atoms in total. The zero-order valence-corrected chi connectivity index (χ0v) is 12.3. The molecule has 0 amide bonds. The molecule has 20 heavy (non-hydrogen) atoms. The molecule has 0 radical (unpaired) electrons. The molecule has 0 atom stereocenters. The van der Waals surface area contributed by atoms with Gasteiger partial charge in [0, 0.05) is 29.2 Å². The number of fused-ring (bicyclic) bond motifs is 1. The van der Waals surface area contributed by atoms with E-state index in [0.717, 1.165) is 38.2 Å². The van der Waals surface area contributed by atoms with Crippen LogP contribution in [0.5, 0.6) is 0 Å². The molecule has 2 aromatic rings. The van der Waals surface area contributed by atoms with Gasteiger partial charge in [0.15, 0.2) is 0 Å². The summed E-state index contributed by atoms with van der Waals surface area (Å²) in [4.78, 5) is 5.58. The van der Waals surface area contributed by atoms with Crippen LogP contribution in [-0.2, 0) is 11.2 Å². The molecule has 0 aliphatic carbocycles. The number of nitrogens with one attached hydrogen (secondary N) is 1. The van der Waals surface area contributed by atoms with Crippen LogP contribution < -0.4 is 0 Å². The molecule has 0 unspecified atom stereocenters. The summed E-state index contributed by atoms with van der Waals surface area (Å²) in [7, 11) is 4.22. The lowest BCUT2D eigenvalue weighted by atomic mass is 10.0. The van der Waals surface area contributed by atoms with Crippen molar-refractivity contribution in [3.63, 3.8) is 0 Å². The van der Waals surface area contributed by atoms with E-state index in [9.17, 15) is 0 Å². The van der Waals surface area contributed by atoms with Crippen molar-refractivity contribution >= 4 is 16.7 Å². The van der Waals surface area contributed by atoms with Gasteiger partial charge in [-0.05, 0) is 63.2 Å². The van der Waals surface area contributed by atoms with E-state index in [2.05, 4.69) is 54.5 Å². The number of nitrogens with zero attached hydrogens (tertiary/aromatic N) is 1. The van der Waals surface area contributed by atoms with Gasteiger partial charge >= 0.3 is 0 Å². The molecule has 1 aromatic heterocycles. The number of aromatic amines is 1. The molecule has 1 aliphatic heterocycles. The summed E-state index contributed by atoms with van der Waals surface area (Å²) < 4.78 is 5.77. The Kier molecular flexibility index (Phi) is 3.79. The monoisotopic (exact) mass is 270 g/mol. The average Bonchev–Trinajstić information content (AvgIpc) is 2.88. The van der Waals surface area contributed by atoms with Gasteiger partial charge in [-0.25, -0.2) is 0 Å². The highest BCUT2D eigenvalue weighted by Gasteiger charge is 2.10. The summed E-state index contributed by atoms with van der Waals surface area (Å²) in [5.41, 5.74) is 3.79. The van der Waals surface area contributed by atoms with Crippen LogP contribution in [0.1, 0.15) is 24.0 Å². The Hall–Kier alpha value is -1.74. The van der Waals surface area contributed by atoms with Gasteiger partial charge in [-0.15, -0.1) is 0 Å². The smallest absolute Gasteiger partial charge is 0.122 e. The van der Waals surface area contributed by atoms with E-state index < -0.39 is 0 Å². The Morgan fingerprint density at radius 3 is 2.95 bits per heavy atom. The van der Waals surface area contributed by atoms with Crippen molar-refractivity contribution in [1.29, 1.82) is 0 Å². The highest BCUT2D eigenvalue weighted by atomic mass is 16.5. The molecule has 1 aliphatic rings. The zero-order valence-electron chi connectivity index (χ0n) is 12.3. The Morgan fingerprint density at radius 2 is 2.20 bits per heavy atom. The van der Waals surface area contributed by atoms with Gasteiger partial charge in [0.25, 0.3) is 0 Å². The van der Waals surface area contributed by atoms with Crippen LogP contribution in [0.2, 0.25) is 0 Å². The van der Waals surface area contributed by atoms with Crippen molar-refractivity contribution in [3.05, 3.63) is 41.6 Å². The summed E-state index contributed by atoms with van der Waals surface area (Å²) in [6.45, 7) is 1.90. The topological polar surface area (TPSA) is 28.3 Å². The summed E-state index contributed by atoms with van der Waals surface area (Å²) in [5, 5.41) is 1.32. The van der Waals surface area contributed by atoms with E-state index >= 15 is 0 Å². The number of hydrogen-bond acceptors (Lipinski definition) is 2. The molecule has 0 fully saturated rings. The number of aromatic nitrogens is 1. The lowest BCUT2D eigenvalue weighted by Crippen LogP contribution is -2.14. The van der Waals surface area contributed by atoms with Gasteiger partial charge in [-0.1, -0.05) is 0 Å². The highest BCUT2D eigenvalue weighted by molar-refractivity contribution is 5.86. The van der Waals surface area contributed by atoms with Crippen molar-refractivity contribution in [3.8, 4) is 0 Å². The van der Waals surface area contributed by atoms with E-state index in [1.165, 1.54) is 22.0 Å². The highest BCUT2D eigenvalue weighted by Crippen LogP contribution is 2.27. The Morgan fingerprint density at radius 1 is 1.30 bits per heavy atom. The minimum Gasteiger partial charge on any atom is -0.493 e. The maximum absolute atomic E-state index is 5.77. The fraction of sp³-hybridized carbons (Fsp3) is 0.412. The molecule has 2 heterocycles. The average molecular weight is 270 g/mol. The van der Waals surface area contributed by atoms with E-state index in [0.29, 0.717) is 0 Å². The SMILES string of the molecule is CN(C)CCc1c[nH]c2ccc(C3=CCCCO3)cc12. The van der Waals surface area contributed by atoms with Crippen molar-refractivity contribution in [2.24, 2.45) is 0 Å². The third kappa shape index (κ3) is 2.73. The molecule has 3 heteroatoms. The molecule has 0 saturated heterocycles. The lowest BCUT2D eigenvalue weighted by molar-refractivity contribution is 0.259. The minimum atomic E-state index is 0.838. The fourth-order valence-corrected chi connectivity index (χ4v) is 2.64. The Bertz CT molecular complexity index is 625. The summed E-state index contributed by atoms with van der Waals surface area (Å²) >= 11 is 0. The van der Waals surface area contributed by atoms with Crippen molar-refractivity contribution in [2.75, 3.05) is 27.2 Å². The standard InChI is InChI=1S/C17H22N2O/c1-19(2)9-8-14-12-18-16-7-6-13(11-15(14)16)17-5-3-4-10-20-17/h5-7,11-12,18H,3-4,8-10H2,1-2H3. The van der Waals surface area contributed by atoms with E-state index in [4.69, 9.17) is 4.74 Å². The van der Waals surface area contributed by atoms with Gasteiger partial charge < -0.3 is 14.6 Å². The fourth-order valence-electron chi connectivity index (χ4n) is 2.64. The summed E-state index contributed by atoms with van der Waals surface area (Å²) in [6.07, 6.45) is 7.65. The van der Waals surface area contributed by atoms with E-state index in [-0.39, 0.29) is 0 Å². The quantitative estimate of drug-likeness (QED) is 0.922. The first-order valence-corrected chi connectivity index (χ1v) is 7.32. The van der Waals surface area contributed by atoms with Crippen LogP contribution in [0.15, 0.2) is 30.5 Å². The predicted octanol–water partition coefficient (Wildman–Crippen LogP) is 3.42. The Balaban J connectivity index is 1.92. The van der Waals surface area contributed by atoms with Crippen molar-refractivity contribution in [2.45, 2.75) is 19.3 Å². The first-order valence-electron chi connectivity index (χ1n) is 7.32. The van der Waals surface area contributed by atoms with Crippen LogP contribution in [0.25, 0.3) is 16.7 Å². The zero-order chi connectivity index (χ0) is 13.9. The number of hydrogen-bond donors (Lipinski definition) is 1. The minimum absolute atomic E-state index is 0.838. The largest absolute Gasteiger partial charge is 0.493 e. The maximum atomic E-state index is 5.77. The number of H-pyrrole nitrogens is 1. The molecular formula is C17H22N2O. The summed E-state index contributed by atoms with van der Waals surface area (Å²) in [5.74, 6) is 1.04. The van der Waals surface area contributed by atoms with Crippen LogP contribution in [0.3, 0.4) is 0 Å². The first kappa shape index (κ1) is 13.3. The first-order chi connectivity index (χ1) is 9.74. The third-order valence-electron chi connectivity index (χ3n) is 3.82. The van der Waals surface area contributed by atoms with Crippen molar-refractivity contribution in [1.82, 2.24) is 9.88 Å². The van der Waals surface area contributed by atoms with Gasteiger partial charge in [-0.3, -0.25) is 0 Å². The van der Waals surface area contributed by atoms with E-state index in [1.54, 1.807) is 0 Å². The molecule has 0 saturated carbocycles. The molecule has 1 N–H and O–H groups in total. The predicted molar refractivity (Wildman–Crippen MR) is 83.7 cm³/mol. The van der Waals surface area contributed by atoms with Crippen molar-refractivity contribution < 1.29 is 4.74 Å². The second-order valence-corrected chi connectivity index (χ2v) is 5.69. The van der Waals surface area contributed by atoms with Gasteiger partial charge in [0.1, 0.15) is 5.76 Å². The molecule has 3 rings (SSSR count). The Labute approximate surface area is 120 Å². The second-order valence-electron chi connectivity index (χ2n) is 5.69. The van der Waals surface area contributed by atoms with Crippen LogP contribution in [-0.4, -0.2) is 37.1 Å². The molecular weight excluding hydrogens is 248 g/mol.